The molecule has 1 saturated heterocycles. The lowest BCUT2D eigenvalue weighted by molar-refractivity contribution is -0.297. The summed E-state index contributed by atoms with van der Waals surface area (Å²) in [5.41, 5.74) is -3.69. The van der Waals surface area contributed by atoms with E-state index in [9.17, 15) is 36.2 Å². The zero-order valence-electron chi connectivity index (χ0n) is 19.6. The molecule has 1 aromatic rings. The maximum atomic E-state index is 13.8. The van der Waals surface area contributed by atoms with Crippen LogP contribution in [0.5, 0.6) is 0 Å². The Hall–Kier alpha value is -1.92. The number of pyridine rings is 1. The first kappa shape index (κ1) is 25.7. The van der Waals surface area contributed by atoms with Gasteiger partial charge in [0.05, 0.1) is 17.6 Å². The van der Waals surface area contributed by atoms with Gasteiger partial charge in [0, 0.05) is 50.1 Å². The van der Waals surface area contributed by atoms with Crippen molar-refractivity contribution in [3.63, 3.8) is 0 Å². The first-order valence-corrected chi connectivity index (χ1v) is 12.3. The highest BCUT2D eigenvalue weighted by Crippen LogP contribution is 2.56. The van der Waals surface area contributed by atoms with E-state index < -0.39 is 41.6 Å². The molecule has 3 heterocycles. The van der Waals surface area contributed by atoms with Gasteiger partial charge in [0.2, 0.25) is 5.91 Å². The standard InChI is InChI=1S/C24H29F6N3O3/c25-23(26,27)16-8-14-12-33(6-3-18(14)31-11-16)20(34)21-5-1-2-15(21)9-17(10-21)32-19-4-7-36-13-22(19,35)24(28,29)30/h8,11,15,17,19,32,35H,1-7,9-10,12-13H2/t15-,17-,19-,21-,22+/m1/s1. The van der Waals surface area contributed by atoms with Gasteiger partial charge in [-0.1, -0.05) is 6.42 Å². The van der Waals surface area contributed by atoms with Gasteiger partial charge in [-0.3, -0.25) is 9.78 Å². The number of carbonyl (C=O) groups is 1. The lowest BCUT2D eigenvalue weighted by Crippen LogP contribution is -2.66. The summed E-state index contributed by atoms with van der Waals surface area (Å²) in [6, 6.07) is -0.573. The van der Waals surface area contributed by atoms with Gasteiger partial charge < -0.3 is 20.1 Å². The molecule has 4 aliphatic rings. The van der Waals surface area contributed by atoms with Crippen LogP contribution in [-0.2, 0) is 28.7 Å². The zero-order chi connectivity index (χ0) is 25.9. The molecule has 0 bridgehead atoms. The second-order valence-corrected chi connectivity index (χ2v) is 10.7. The van der Waals surface area contributed by atoms with E-state index in [1.54, 1.807) is 4.90 Å². The summed E-state index contributed by atoms with van der Waals surface area (Å²) in [5.74, 6) is -0.169. The quantitative estimate of drug-likeness (QED) is 0.595. The van der Waals surface area contributed by atoms with Crippen molar-refractivity contribution < 1.29 is 41.0 Å². The summed E-state index contributed by atoms with van der Waals surface area (Å²) in [6.07, 6.45) is -5.20. The Kier molecular flexibility index (Phi) is 6.31. The molecule has 0 unspecified atom stereocenters. The van der Waals surface area contributed by atoms with Gasteiger partial charge in [-0.25, -0.2) is 0 Å². The second-order valence-electron chi connectivity index (χ2n) is 10.7. The third kappa shape index (κ3) is 4.28. The number of rotatable bonds is 3. The molecule has 1 aromatic heterocycles. The van der Waals surface area contributed by atoms with Crippen LogP contribution in [-0.4, -0.2) is 64.5 Å². The minimum absolute atomic E-state index is 0.00439. The van der Waals surface area contributed by atoms with Crippen LogP contribution >= 0.6 is 0 Å². The fourth-order valence-corrected chi connectivity index (χ4v) is 6.74. The first-order valence-electron chi connectivity index (χ1n) is 12.3. The van der Waals surface area contributed by atoms with Gasteiger partial charge in [0.1, 0.15) is 0 Å². The molecule has 2 aliphatic heterocycles. The predicted octanol–water partition coefficient (Wildman–Crippen LogP) is 3.61. The van der Waals surface area contributed by atoms with Crippen LogP contribution in [0.25, 0.3) is 0 Å². The van der Waals surface area contributed by atoms with E-state index in [4.69, 9.17) is 4.74 Å². The summed E-state index contributed by atoms with van der Waals surface area (Å²) in [6.45, 7) is -0.372. The maximum Gasteiger partial charge on any atom is 0.421 e. The van der Waals surface area contributed by atoms with E-state index in [1.165, 1.54) is 0 Å². The van der Waals surface area contributed by atoms with E-state index >= 15 is 0 Å². The van der Waals surface area contributed by atoms with Gasteiger partial charge in [-0.2, -0.15) is 26.3 Å². The van der Waals surface area contributed by atoms with Gasteiger partial charge in [0.15, 0.2) is 5.60 Å². The van der Waals surface area contributed by atoms with Crippen molar-refractivity contribution >= 4 is 5.91 Å². The summed E-state index contributed by atoms with van der Waals surface area (Å²) >= 11 is 0. The van der Waals surface area contributed by atoms with Crippen LogP contribution < -0.4 is 5.32 Å². The van der Waals surface area contributed by atoms with Crippen LogP contribution in [0.1, 0.15) is 55.3 Å². The molecule has 2 aliphatic carbocycles. The minimum atomic E-state index is -4.86. The molecule has 1 amide bonds. The predicted molar refractivity (Wildman–Crippen MR) is 115 cm³/mol. The Bertz CT molecular complexity index is 1020. The van der Waals surface area contributed by atoms with E-state index in [0.717, 1.165) is 25.1 Å². The molecule has 2 saturated carbocycles. The zero-order valence-corrected chi connectivity index (χ0v) is 19.6. The van der Waals surface area contributed by atoms with Crippen molar-refractivity contribution in [2.75, 3.05) is 19.8 Å². The van der Waals surface area contributed by atoms with Crippen molar-refractivity contribution in [1.82, 2.24) is 15.2 Å². The minimum Gasteiger partial charge on any atom is -0.378 e. The number of halogens is 6. The molecule has 2 N–H and O–H groups in total. The molecule has 36 heavy (non-hydrogen) atoms. The number of amides is 1. The highest BCUT2D eigenvalue weighted by atomic mass is 19.4. The number of aliphatic hydroxyl groups is 1. The van der Waals surface area contributed by atoms with Gasteiger partial charge in [0.25, 0.3) is 0 Å². The van der Waals surface area contributed by atoms with Crippen LogP contribution in [0.4, 0.5) is 26.3 Å². The lowest BCUT2D eigenvalue weighted by Gasteiger charge is -2.42. The molecule has 12 heteroatoms. The Morgan fingerprint density at radius 3 is 2.72 bits per heavy atom. The molecule has 6 nitrogen and oxygen atoms in total. The van der Waals surface area contributed by atoms with Gasteiger partial charge in [-0.05, 0) is 49.7 Å². The lowest BCUT2D eigenvalue weighted by atomic mass is 9.78. The maximum absolute atomic E-state index is 13.8. The molecule has 5 rings (SSSR count). The van der Waals surface area contributed by atoms with Crippen LogP contribution in [0.2, 0.25) is 0 Å². The number of nitrogens with zero attached hydrogens (tertiary/aromatic N) is 2. The molecule has 0 aromatic carbocycles. The second kappa shape index (κ2) is 8.83. The Morgan fingerprint density at radius 1 is 1.22 bits per heavy atom. The molecule has 0 radical (unpaired) electrons. The van der Waals surface area contributed by atoms with E-state index in [1.807, 2.05) is 0 Å². The largest absolute Gasteiger partial charge is 0.421 e. The SMILES string of the molecule is O=C(N1CCc2ncc(C(F)(F)F)cc2C1)[C@@]12CCC[C@@H]1C[C@@H](N[C@@H]1CCOC[C@@]1(O)C(F)(F)F)C2. The number of ether oxygens (including phenoxy) is 1. The fourth-order valence-electron chi connectivity index (χ4n) is 6.74. The van der Waals surface area contributed by atoms with Crippen LogP contribution in [0.15, 0.2) is 12.3 Å². The van der Waals surface area contributed by atoms with Crippen molar-refractivity contribution in [1.29, 1.82) is 0 Å². The Balaban J connectivity index is 1.32. The molecular weight excluding hydrogens is 492 g/mol. The molecule has 3 fully saturated rings. The average Bonchev–Trinajstić information content (AvgIpc) is 3.36. The normalized spacial score (nSPS) is 35.0. The highest BCUT2D eigenvalue weighted by molar-refractivity contribution is 5.84. The number of alkyl halides is 6. The summed E-state index contributed by atoms with van der Waals surface area (Å²) < 4.78 is 85.4. The third-order valence-corrected chi connectivity index (χ3v) is 8.59. The highest BCUT2D eigenvalue weighted by Gasteiger charge is 2.62. The summed E-state index contributed by atoms with van der Waals surface area (Å²) in [7, 11) is 0. The molecular formula is C24H29F6N3O3. The Morgan fingerprint density at radius 2 is 2.00 bits per heavy atom. The number of nitrogens with one attached hydrogen (secondary N) is 1. The van der Waals surface area contributed by atoms with Crippen molar-refractivity contribution in [3.8, 4) is 0 Å². The van der Waals surface area contributed by atoms with Crippen molar-refractivity contribution in [2.24, 2.45) is 11.3 Å². The molecule has 0 spiro atoms. The fraction of sp³-hybridized carbons (Fsp3) is 0.750. The third-order valence-electron chi connectivity index (χ3n) is 8.59. The Labute approximate surface area is 204 Å². The van der Waals surface area contributed by atoms with Crippen LogP contribution in [0, 0.1) is 11.3 Å². The average molecular weight is 522 g/mol. The van der Waals surface area contributed by atoms with Gasteiger partial charge >= 0.3 is 12.4 Å². The van der Waals surface area contributed by atoms with Gasteiger partial charge in [-0.15, -0.1) is 0 Å². The van der Waals surface area contributed by atoms with E-state index in [0.29, 0.717) is 43.5 Å². The first-order chi connectivity index (χ1) is 16.8. The number of aromatic nitrogens is 1. The van der Waals surface area contributed by atoms with Crippen molar-refractivity contribution in [2.45, 2.75) is 81.5 Å². The van der Waals surface area contributed by atoms with Crippen LogP contribution in [0.3, 0.4) is 0 Å². The number of hydrogen-bond acceptors (Lipinski definition) is 5. The molecule has 200 valence electrons. The topological polar surface area (TPSA) is 74.7 Å². The monoisotopic (exact) mass is 521 g/mol. The van der Waals surface area contributed by atoms with Crippen molar-refractivity contribution in [3.05, 3.63) is 29.1 Å². The number of fused-ring (bicyclic) bond motifs is 2. The summed E-state index contributed by atoms with van der Waals surface area (Å²) in [4.78, 5) is 19.4. The summed E-state index contributed by atoms with van der Waals surface area (Å²) in [5, 5.41) is 13.4. The number of carbonyl (C=O) groups excluding carboxylic acids is 1. The molecule has 5 atom stereocenters. The van der Waals surface area contributed by atoms with E-state index in [-0.39, 0.29) is 37.4 Å². The van der Waals surface area contributed by atoms with E-state index in [2.05, 4.69) is 10.3 Å². The smallest absolute Gasteiger partial charge is 0.378 e. The number of hydrogen-bond donors (Lipinski definition) is 2.